The molecule has 2 aromatic heterocycles. The number of fused-ring (bicyclic) bond motifs is 1. The number of benzene rings is 2. The third-order valence-electron chi connectivity index (χ3n) is 5.19. The first-order valence-corrected chi connectivity index (χ1v) is 14.5. The minimum absolute atomic E-state index is 0.100. The molecule has 0 spiro atoms. The second-order valence-corrected chi connectivity index (χ2v) is 12.1. The number of sulfone groups is 1. The van der Waals surface area contributed by atoms with Crippen LogP contribution in [-0.4, -0.2) is 55.4 Å². The number of nitrogens with one attached hydrogen (secondary N) is 1. The molecule has 37 heavy (non-hydrogen) atoms. The molecule has 0 aliphatic heterocycles. The van der Waals surface area contributed by atoms with Crippen LogP contribution in [0.1, 0.15) is 10.4 Å². The summed E-state index contributed by atoms with van der Waals surface area (Å²) in [6, 6.07) is 13.4. The highest BCUT2D eigenvalue weighted by Crippen LogP contribution is 2.33. The Balaban J connectivity index is 1.42. The summed E-state index contributed by atoms with van der Waals surface area (Å²) in [6.07, 6.45) is 2.70. The fraction of sp³-hybridized carbons (Fsp3) is 0.231. The van der Waals surface area contributed by atoms with Crippen molar-refractivity contribution in [2.24, 2.45) is 0 Å². The molecular formula is C26H24ClFN4O3S2. The lowest BCUT2D eigenvalue weighted by Crippen LogP contribution is -2.25. The number of thiophene rings is 1. The van der Waals surface area contributed by atoms with Crippen molar-refractivity contribution >= 4 is 54.5 Å². The number of ether oxygens (including phenoxy) is 1. The van der Waals surface area contributed by atoms with Gasteiger partial charge in [0, 0.05) is 18.5 Å². The molecule has 1 N–H and O–H groups in total. The molecule has 0 fully saturated rings. The summed E-state index contributed by atoms with van der Waals surface area (Å²) in [5, 5.41) is 3.68. The van der Waals surface area contributed by atoms with E-state index in [1.54, 1.807) is 24.3 Å². The Hall–Kier alpha value is -3.23. The zero-order valence-corrected chi connectivity index (χ0v) is 22.6. The third kappa shape index (κ3) is 7.87. The van der Waals surface area contributed by atoms with E-state index in [1.807, 2.05) is 24.1 Å². The maximum Gasteiger partial charge on any atom is 0.151 e. The Bertz CT molecular complexity index is 1580. The first-order chi connectivity index (χ1) is 17.7. The standard InChI is InChI=1S/C26H24ClFN4O3S2/c1-32(11-12-37(2,33)34)10-4-7-21-15-23-25(36-21)26(30-17-29-23)31-20-8-9-24(22(27)14-20)35-16-18-5-3-6-19(28)13-18/h3,5-6,8-9,13-15,17H,10-12,16H2,1-2H3,(H,29,30,31). The van der Waals surface area contributed by atoms with Crippen molar-refractivity contribution in [1.82, 2.24) is 14.9 Å². The highest BCUT2D eigenvalue weighted by Gasteiger charge is 2.11. The van der Waals surface area contributed by atoms with Crippen LogP contribution >= 0.6 is 22.9 Å². The molecule has 0 saturated carbocycles. The van der Waals surface area contributed by atoms with Crippen molar-refractivity contribution in [3.8, 4) is 17.6 Å². The Morgan fingerprint density at radius 3 is 2.78 bits per heavy atom. The summed E-state index contributed by atoms with van der Waals surface area (Å²) >= 11 is 7.88. The lowest BCUT2D eigenvalue weighted by molar-refractivity contribution is 0.306. The number of rotatable bonds is 9. The molecule has 0 aliphatic rings. The van der Waals surface area contributed by atoms with Crippen LogP contribution in [0.2, 0.25) is 5.02 Å². The van der Waals surface area contributed by atoms with Crippen molar-refractivity contribution in [1.29, 1.82) is 0 Å². The van der Waals surface area contributed by atoms with Gasteiger partial charge in [0.05, 0.1) is 32.4 Å². The lowest BCUT2D eigenvalue weighted by atomic mass is 10.2. The predicted molar refractivity (Wildman–Crippen MR) is 147 cm³/mol. The number of hydrogen-bond donors (Lipinski definition) is 1. The van der Waals surface area contributed by atoms with Crippen LogP contribution in [0.5, 0.6) is 5.75 Å². The Labute approximate surface area is 224 Å². The minimum atomic E-state index is -3.00. The largest absolute Gasteiger partial charge is 0.487 e. The molecule has 0 unspecified atom stereocenters. The lowest BCUT2D eigenvalue weighted by Gasteiger charge is -2.11. The van der Waals surface area contributed by atoms with Crippen LogP contribution in [0, 0.1) is 17.7 Å². The summed E-state index contributed by atoms with van der Waals surface area (Å²) in [4.78, 5) is 11.4. The van der Waals surface area contributed by atoms with Crippen LogP contribution in [0.15, 0.2) is 54.9 Å². The topological polar surface area (TPSA) is 84.4 Å². The van der Waals surface area contributed by atoms with Gasteiger partial charge in [0.2, 0.25) is 0 Å². The van der Waals surface area contributed by atoms with Crippen LogP contribution < -0.4 is 10.1 Å². The monoisotopic (exact) mass is 558 g/mol. The number of aromatic nitrogens is 2. The summed E-state index contributed by atoms with van der Waals surface area (Å²) < 4.78 is 42.6. The second-order valence-electron chi connectivity index (χ2n) is 8.41. The average Bonchev–Trinajstić information content (AvgIpc) is 3.26. The van der Waals surface area contributed by atoms with E-state index in [1.165, 1.54) is 36.1 Å². The molecule has 2 aromatic carbocycles. The van der Waals surface area contributed by atoms with Gasteiger partial charge in [-0.05, 0) is 49.0 Å². The second kappa shape index (κ2) is 11.9. The van der Waals surface area contributed by atoms with Crippen molar-refractivity contribution in [3.05, 3.63) is 76.1 Å². The van der Waals surface area contributed by atoms with Gasteiger partial charge < -0.3 is 10.1 Å². The number of nitrogens with zero attached hydrogens (tertiary/aromatic N) is 3. The fourth-order valence-corrected chi connectivity index (χ4v) is 5.10. The van der Waals surface area contributed by atoms with Crippen LogP contribution in [-0.2, 0) is 16.4 Å². The molecule has 0 aliphatic carbocycles. The molecule has 11 heteroatoms. The van der Waals surface area contributed by atoms with E-state index in [-0.39, 0.29) is 18.2 Å². The first-order valence-electron chi connectivity index (χ1n) is 11.2. The highest BCUT2D eigenvalue weighted by molar-refractivity contribution is 7.90. The van der Waals surface area contributed by atoms with Gasteiger partial charge >= 0.3 is 0 Å². The molecule has 0 saturated heterocycles. The molecule has 192 valence electrons. The third-order valence-corrected chi connectivity index (χ3v) is 7.46. The smallest absolute Gasteiger partial charge is 0.151 e. The highest BCUT2D eigenvalue weighted by atomic mass is 35.5. The number of hydrogen-bond acceptors (Lipinski definition) is 8. The van der Waals surface area contributed by atoms with E-state index in [2.05, 4.69) is 27.1 Å². The molecule has 4 aromatic rings. The van der Waals surface area contributed by atoms with Gasteiger partial charge in [-0.3, -0.25) is 4.90 Å². The van der Waals surface area contributed by atoms with Gasteiger partial charge in [-0.15, -0.1) is 11.3 Å². The molecule has 0 amide bonds. The number of halogens is 2. The number of anilines is 2. The fourth-order valence-electron chi connectivity index (χ4n) is 3.29. The van der Waals surface area contributed by atoms with Crippen molar-refractivity contribution in [3.63, 3.8) is 0 Å². The summed E-state index contributed by atoms with van der Waals surface area (Å²) in [6.45, 7) is 1.08. The molecule has 7 nitrogen and oxygen atoms in total. The van der Waals surface area contributed by atoms with E-state index in [9.17, 15) is 12.8 Å². The van der Waals surface area contributed by atoms with Gasteiger partial charge in [-0.1, -0.05) is 35.6 Å². The molecule has 0 bridgehead atoms. The summed E-state index contributed by atoms with van der Waals surface area (Å²) in [5.41, 5.74) is 2.19. The Kier molecular flexibility index (Phi) is 8.61. The van der Waals surface area contributed by atoms with Gasteiger partial charge in [0.1, 0.15) is 34.3 Å². The summed E-state index contributed by atoms with van der Waals surface area (Å²) in [5.74, 6) is 7.09. The normalized spacial score (nSPS) is 11.4. The molecule has 4 rings (SSSR count). The van der Waals surface area contributed by atoms with Crippen molar-refractivity contribution < 1.29 is 17.5 Å². The van der Waals surface area contributed by atoms with E-state index in [0.29, 0.717) is 35.2 Å². The molecular weight excluding hydrogens is 535 g/mol. The van der Waals surface area contributed by atoms with Gasteiger partial charge in [-0.2, -0.15) is 0 Å². The maximum atomic E-state index is 13.4. The van der Waals surface area contributed by atoms with Crippen LogP contribution in [0.3, 0.4) is 0 Å². The SMILES string of the molecule is CN(CC#Cc1cc2ncnc(Nc3ccc(OCc4cccc(F)c4)c(Cl)c3)c2s1)CCS(C)(=O)=O. The van der Waals surface area contributed by atoms with Crippen molar-refractivity contribution in [2.45, 2.75) is 6.61 Å². The minimum Gasteiger partial charge on any atom is -0.487 e. The molecule has 0 atom stereocenters. The van der Waals surface area contributed by atoms with E-state index in [0.717, 1.165) is 20.8 Å². The van der Waals surface area contributed by atoms with Crippen LogP contribution in [0.25, 0.3) is 10.2 Å². The van der Waals surface area contributed by atoms with E-state index in [4.69, 9.17) is 16.3 Å². The zero-order valence-electron chi connectivity index (χ0n) is 20.2. The van der Waals surface area contributed by atoms with E-state index < -0.39 is 9.84 Å². The summed E-state index contributed by atoms with van der Waals surface area (Å²) in [7, 11) is -1.17. The predicted octanol–water partition coefficient (Wildman–Crippen LogP) is 5.13. The van der Waals surface area contributed by atoms with E-state index >= 15 is 0 Å². The average molecular weight is 559 g/mol. The maximum absolute atomic E-state index is 13.4. The Morgan fingerprint density at radius 1 is 1.19 bits per heavy atom. The van der Waals surface area contributed by atoms with Gasteiger partial charge in [0.25, 0.3) is 0 Å². The van der Waals surface area contributed by atoms with Crippen molar-refractivity contribution in [2.75, 3.05) is 37.5 Å². The zero-order chi connectivity index (χ0) is 26.4. The first kappa shape index (κ1) is 26.8. The molecule has 0 radical (unpaired) electrons. The van der Waals surface area contributed by atoms with Crippen LogP contribution in [0.4, 0.5) is 15.9 Å². The van der Waals surface area contributed by atoms with Gasteiger partial charge in [-0.25, -0.2) is 22.8 Å². The molecule has 2 heterocycles. The quantitative estimate of drug-likeness (QED) is 0.285. The Morgan fingerprint density at radius 2 is 2.03 bits per heavy atom. The van der Waals surface area contributed by atoms with Gasteiger partial charge in [0.15, 0.2) is 5.82 Å².